The lowest BCUT2D eigenvalue weighted by atomic mass is 10.1. The van der Waals surface area contributed by atoms with E-state index in [2.05, 4.69) is 58.9 Å². The molecular weight excluding hydrogens is 398 g/mol. The highest BCUT2D eigenvalue weighted by atomic mass is 32.1. The number of aromatic nitrogens is 1. The van der Waals surface area contributed by atoms with E-state index in [1.54, 1.807) is 18.4 Å². The normalized spacial score (nSPS) is 10.3. The molecular formula is C24H23NO4S. The third kappa shape index (κ3) is 5.89. The number of carbonyl (C=O) groups is 1. The number of methoxy groups -OCH3 is 1. The van der Waals surface area contributed by atoms with E-state index in [9.17, 15) is 0 Å². The summed E-state index contributed by atoms with van der Waals surface area (Å²) >= 11 is 1.67. The van der Waals surface area contributed by atoms with Crippen LogP contribution in [-0.2, 0) is 22.6 Å². The Labute approximate surface area is 179 Å². The van der Waals surface area contributed by atoms with Gasteiger partial charge >= 0.3 is 0 Å². The number of hydrogen-bond acceptors (Lipinski definition) is 5. The first-order chi connectivity index (χ1) is 14.7. The number of thiophene rings is 1. The van der Waals surface area contributed by atoms with Crippen molar-refractivity contribution in [3.63, 3.8) is 0 Å². The second kappa shape index (κ2) is 11.1. The molecule has 30 heavy (non-hydrogen) atoms. The molecule has 6 heteroatoms. The molecule has 0 saturated carbocycles. The quantitative estimate of drug-likeness (QED) is 0.403. The molecule has 2 aromatic heterocycles. The first-order valence-electron chi connectivity index (χ1n) is 9.44. The molecule has 0 fully saturated rings. The number of hydrogen-bond donors (Lipinski definition) is 1. The fourth-order valence-corrected chi connectivity index (χ4v) is 3.67. The Morgan fingerprint density at radius 1 is 1.00 bits per heavy atom. The minimum Gasteiger partial charge on any atom is -0.489 e. The van der Waals surface area contributed by atoms with Gasteiger partial charge in [0, 0.05) is 24.3 Å². The minimum atomic E-state index is -0.250. The summed E-state index contributed by atoms with van der Waals surface area (Å²) in [5.41, 5.74) is 4.71. The molecule has 0 radical (unpaired) electrons. The summed E-state index contributed by atoms with van der Waals surface area (Å²) in [5, 5.41) is 10.2. The third-order valence-corrected chi connectivity index (χ3v) is 5.35. The standard InChI is InChI=1S/C23H21NO2S.CH2O2/c1-25-12-10-17-4-8-22(9-5-17)26-16-18-2-6-19(7-3-18)21-14-20-11-13-27-23(20)24-15-21;2-1-3/h2-9,11,13-15H,10,12,16H2,1H3;1H,(H,2,3). The molecule has 4 aromatic rings. The van der Waals surface area contributed by atoms with Crippen molar-refractivity contribution in [3.05, 3.63) is 83.4 Å². The van der Waals surface area contributed by atoms with Gasteiger partial charge in [-0.05, 0) is 52.8 Å². The fourth-order valence-electron chi connectivity index (χ4n) is 2.95. The highest BCUT2D eigenvalue weighted by Crippen LogP contribution is 2.26. The lowest BCUT2D eigenvalue weighted by Gasteiger charge is -2.08. The van der Waals surface area contributed by atoms with Crippen LogP contribution in [0, 0.1) is 0 Å². The Morgan fingerprint density at radius 3 is 2.40 bits per heavy atom. The molecule has 2 heterocycles. The molecule has 0 amide bonds. The molecule has 0 saturated heterocycles. The molecule has 1 N–H and O–H groups in total. The van der Waals surface area contributed by atoms with E-state index in [-0.39, 0.29) is 6.47 Å². The van der Waals surface area contributed by atoms with Crippen LogP contribution in [0.5, 0.6) is 5.75 Å². The van der Waals surface area contributed by atoms with Gasteiger partial charge in [-0.2, -0.15) is 0 Å². The maximum absolute atomic E-state index is 8.36. The van der Waals surface area contributed by atoms with Crippen LogP contribution in [0.2, 0.25) is 0 Å². The fraction of sp³-hybridized carbons (Fsp3) is 0.167. The van der Waals surface area contributed by atoms with Crippen molar-refractivity contribution in [1.29, 1.82) is 0 Å². The van der Waals surface area contributed by atoms with Gasteiger partial charge in [-0.1, -0.05) is 36.4 Å². The largest absolute Gasteiger partial charge is 0.489 e. The Kier molecular flexibility index (Phi) is 7.94. The van der Waals surface area contributed by atoms with Gasteiger partial charge in [-0.15, -0.1) is 11.3 Å². The van der Waals surface area contributed by atoms with Gasteiger partial charge in [0.2, 0.25) is 0 Å². The molecule has 4 rings (SSSR count). The smallest absolute Gasteiger partial charge is 0.290 e. The van der Waals surface area contributed by atoms with Crippen LogP contribution in [0.15, 0.2) is 72.2 Å². The zero-order valence-electron chi connectivity index (χ0n) is 16.7. The number of carboxylic acid groups (broad SMARTS) is 1. The van der Waals surface area contributed by atoms with E-state index in [1.165, 1.54) is 16.5 Å². The van der Waals surface area contributed by atoms with Gasteiger partial charge in [-0.25, -0.2) is 4.98 Å². The van der Waals surface area contributed by atoms with Crippen LogP contribution in [0.4, 0.5) is 0 Å². The highest BCUT2D eigenvalue weighted by Gasteiger charge is 2.03. The van der Waals surface area contributed by atoms with E-state index in [4.69, 9.17) is 19.4 Å². The van der Waals surface area contributed by atoms with E-state index in [0.717, 1.165) is 34.7 Å². The number of rotatable bonds is 7. The van der Waals surface area contributed by atoms with Gasteiger partial charge in [0.1, 0.15) is 17.2 Å². The van der Waals surface area contributed by atoms with Crippen molar-refractivity contribution < 1.29 is 19.4 Å². The first kappa shape index (κ1) is 21.5. The van der Waals surface area contributed by atoms with Gasteiger partial charge in [0.15, 0.2) is 0 Å². The molecule has 0 aliphatic rings. The average molecular weight is 422 g/mol. The maximum Gasteiger partial charge on any atom is 0.290 e. The SMILES string of the molecule is COCCc1ccc(OCc2ccc(-c3cnc4sccc4c3)cc2)cc1.O=CO. The van der Waals surface area contributed by atoms with Crippen LogP contribution in [0.25, 0.3) is 21.3 Å². The van der Waals surface area contributed by atoms with Crippen molar-refractivity contribution in [2.75, 3.05) is 13.7 Å². The predicted octanol–water partition coefficient (Wildman–Crippen LogP) is 5.43. The molecule has 5 nitrogen and oxygen atoms in total. The lowest BCUT2D eigenvalue weighted by molar-refractivity contribution is -0.122. The Balaban J connectivity index is 0.000000806. The maximum atomic E-state index is 8.36. The number of ether oxygens (including phenoxy) is 2. The second-order valence-corrected chi connectivity index (χ2v) is 7.41. The highest BCUT2D eigenvalue weighted by molar-refractivity contribution is 7.16. The third-order valence-electron chi connectivity index (χ3n) is 4.52. The topological polar surface area (TPSA) is 68.7 Å². The van der Waals surface area contributed by atoms with Gasteiger partial charge in [-0.3, -0.25) is 4.79 Å². The zero-order valence-corrected chi connectivity index (χ0v) is 17.5. The van der Waals surface area contributed by atoms with Gasteiger partial charge in [0.25, 0.3) is 6.47 Å². The minimum absolute atomic E-state index is 0.250. The van der Waals surface area contributed by atoms with Gasteiger partial charge < -0.3 is 14.6 Å². The van der Waals surface area contributed by atoms with E-state index in [1.807, 2.05) is 18.3 Å². The van der Waals surface area contributed by atoms with Gasteiger partial charge in [0.05, 0.1) is 6.61 Å². The summed E-state index contributed by atoms with van der Waals surface area (Å²) in [6.45, 7) is 1.04. The summed E-state index contributed by atoms with van der Waals surface area (Å²) in [4.78, 5) is 14.0. The molecule has 0 atom stereocenters. The van der Waals surface area contributed by atoms with Crippen molar-refractivity contribution in [3.8, 4) is 16.9 Å². The summed E-state index contributed by atoms with van der Waals surface area (Å²) in [7, 11) is 1.72. The number of pyridine rings is 1. The van der Waals surface area contributed by atoms with E-state index >= 15 is 0 Å². The zero-order chi connectivity index (χ0) is 21.2. The molecule has 0 aliphatic heterocycles. The Morgan fingerprint density at radius 2 is 1.70 bits per heavy atom. The second-order valence-electron chi connectivity index (χ2n) is 6.52. The van der Waals surface area contributed by atoms with Crippen LogP contribution >= 0.6 is 11.3 Å². The van der Waals surface area contributed by atoms with Crippen molar-refractivity contribution >= 4 is 28.0 Å². The molecule has 0 spiro atoms. The molecule has 0 aliphatic carbocycles. The lowest BCUT2D eigenvalue weighted by Crippen LogP contribution is -1.97. The van der Waals surface area contributed by atoms with Crippen molar-refractivity contribution in [2.45, 2.75) is 13.0 Å². The van der Waals surface area contributed by atoms with Crippen LogP contribution in [0.3, 0.4) is 0 Å². The van der Waals surface area contributed by atoms with Crippen LogP contribution in [-0.4, -0.2) is 30.3 Å². The molecule has 0 unspecified atom stereocenters. The average Bonchev–Trinajstić information content (AvgIpc) is 3.26. The molecule has 0 bridgehead atoms. The van der Waals surface area contributed by atoms with Crippen molar-refractivity contribution in [2.24, 2.45) is 0 Å². The first-order valence-corrected chi connectivity index (χ1v) is 10.3. The molecule has 2 aromatic carbocycles. The Hall–Kier alpha value is -3.22. The summed E-state index contributed by atoms with van der Waals surface area (Å²) in [6, 6.07) is 21.0. The van der Waals surface area contributed by atoms with E-state index < -0.39 is 0 Å². The van der Waals surface area contributed by atoms with Crippen LogP contribution < -0.4 is 4.74 Å². The number of benzene rings is 2. The summed E-state index contributed by atoms with van der Waals surface area (Å²) in [6.07, 6.45) is 2.86. The summed E-state index contributed by atoms with van der Waals surface area (Å²) < 4.78 is 11.0. The number of fused-ring (bicyclic) bond motifs is 1. The summed E-state index contributed by atoms with van der Waals surface area (Å²) in [5.74, 6) is 0.882. The monoisotopic (exact) mass is 421 g/mol. The molecule has 154 valence electrons. The predicted molar refractivity (Wildman–Crippen MR) is 120 cm³/mol. The van der Waals surface area contributed by atoms with E-state index in [0.29, 0.717) is 6.61 Å². The van der Waals surface area contributed by atoms with Crippen molar-refractivity contribution in [1.82, 2.24) is 4.98 Å². The Bertz CT molecular complexity index is 1060. The number of nitrogens with zero attached hydrogens (tertiary/aromatic N) is 1. The van der Waals surface area contributed by atoms with Crippen LogP contribution in [0.1, 0.15) is 11.1 Å².